The van der Waals surface area contributed by atoms with Crippen LogP contribution in [0.4, 0.5) is 0 Å². The molecule has 1 atom stereocenters. The Morgan fingerprint density at radius 1 is 1.24 bits per heavy atom. The predicted molar refractivity (Wildman–Crippen MR) is 95.8 cm³/mol. The molecule has 0 spiro atoms. The molecule has 0 saturated heterocycles. The molecule has 110 valence electrons. The fourth-order valence-electron chi connectivity index (χ4n) is 2.62. The molecule has 4 heteroatoms. The van der Waals surface area contributed by atoms with Gasteiger partial charge in [0, 0.05) is 14.5 Å². The number of halogens is 2. The fraction of sp³-hybridized carbons (Fsp3) is 0.294. The molecule has 0 fully saturated rings. The van der Waals surface area contributed by atoms with Gasteiger partial charge in [0.25, 0.3) is 0 Å². The maximum Gasteiger partial charge on any atom is 0.122 e. The molecule has 1 N–H and O–H groups in total. The number of rotatable bonds is 4. The number of aliphatic hydroxyl groups is 1. The van der Waals surface area contributed by atoms with E-state index in [1.165, 1.54) is 11.1 Å². The minimum atomic E-state index is -0.432. The van der Waals surface area contributed by atoms with E-state index in [1.807, 2.05) is 24.3 Å². The van der Waals surface area contributed by atoms with Crippen molar-refractivity contribution in [2.75, 3.05) is 6.61 Å². The standard InChI is InChI=1S/C17H16BrIO2/c18-13-3-4-15(19)14(10-13)16(20)5-1-11-2-6-17-12(9-11)7-8-21-17/h2-4,6,9-10,16,20H,1,5,7-8H2. The summed E-state index contributed by atoms with van der Waals surface area (Å²) >= 11 is 5.74. The van der Waals surface area contributed by atoms with Crippen LogP contribution >= 0.6 is 38.5 Å². The van der Waals surface area contributed by atoms with Gasteiger partial charge in [0.15, 0.2) is 0 Å². The Labute approximate surface area is 146 Å². The van der Waals surface area contributed by atoms with Gasteiger partial charge in [-0.25, -0.2) is 0 Å². The Hall–Kier alpha value is -0.590. The molecule has 2 aromatic carbocycles. The first-order valence-corrected chi connectivity index (χ1v) is 8.88. The molecule has 0 saturated carbocycles. The van der Waals surface area contributed by atoms with Crippen LogP contribution in [0.3, 0.4) is 0 Å². The second-order valence-corrected chi connectivity index (χ2v) is 7.34. The molecule has 0 aromatic heterocycles. The number of benzene rings is 2. The quantitative estimate of drug-likeness (QED) is 0.675. The highest BCUT2D eigenvalue weighted by atomic mass is 127. The molecular formula is C17H16BrIO2. The molecule has 2 nitrogen and oxygen atoms in total. The van der Waals surface area contributed by atoms with Gasteiger partial charge in [0.05, 0.1) is 12.7 Å². The summed E-state index contributed by atoms with van der Waals surface area (Å²) in [5.74, 6) is 1.01. The maximum absolute atomic E-state index is 10.4. The zero-order chi connectivity index (χ0) is 14.8. The van der Waals surface area contributed by atoms with E-state index < -0.39 is 6.10 Å². The van der Waals surface area contributed by atoms with Gasteiger partial charge < -0.3 is 9.84 Å². The Bertz CT molecular complexity index is 657. The van der Waals surface area contributed by atoms with Crippen LogP contribution in [0.5, 0.6) is 5.75 Å². The van der Waals surface area contributed by atoms with Gasteiger partial charge in [-0.05, 0) is 76.4 Å². The fourth-order valence-corrected chi connectivity index (χ4v) is 3.70. The minimum Gasteiger partial charge on any atom is -0.493 e. The number of ether oxygens (including phenoxy) is 1. The van der Waals surface area contributed by atoms with Gasteiger partial charge in [-0.1, -0.05) is 28.1 Å². The number of fused-ring (bicyclic) bond motifs is 1. The smallest absolute Gasteiger partial charge is 0.122 e. The van der Waals surface area contributed by atoms with Crippen molar-refractivity contribution in [3.63, 3.8) is 0 Å². The van der Waals surface area contributed by atoms with Crippen LogP contribution in [0.15, 0.2) is 40.9 Å². The molecule has 0 amide bonds. The van der Waals surface area contributed by atoms with Crippen LogP contribution in [-0.2, 0) is 12.8 Å². The van der Waals surface area contributed by atoms with Crippen molar-refractivity contribution in [3.05, 3.63) is 61.1 Å². The summed E-state index contributed by atoms with van der Waals surface area (Å²) in [5.41, 5.74) is 3.55. The van der Waals surface area contributed by atoms with Crippen molar-refractivity contribution in [2.45, 2.75) is 25.4 Å². The van der Waals surface area contributed by atoms with E-state index in [9.17, 15) is 5.11 Å². The molecule has 0 bridgehead atoms. The summed E-state index contributed by atoms with van der Waals surface area (Å²) in [5, 5.41) is 10.4. The van der Waals surface area contributed by atoms with E-state index in [2.05, 4.69) is 50.7 Å². The summed E-state index contributed by atoms with van der Waals surface area (Å²) in [6.45, 7) is 0.789. The summed E-state index contributed by atoms with van der Waals surface area (Å²) in [6.07, 6.45) is 2.16. The SMILES string of the molecule is OC(CCc1ccc2c(c1)CCO2)c1cc(Br)ccc1I. The van der Waals surface area contributed by atoms with Crippen LogP contribution in [0.25, 0.3) is 0 Å². The van der Waals surface area contributed by atoms with Crippen molar-refractivity contribution in [1.82, 2.24) is 0 Å². The predicted octanol–water partition coefficient (Wildman–Crippen LogP) is 4.65. The summed E-state index contributed by atoms with van der Waals surface area (Å²) in [4.78, 5) is 0. The molecule has 2 aromatic rings. The molecule has 1 unspecified atom stereocenters. The van der Waals surface area contributed by atoms with Crippen LogP contribution in [0, 0.1) is 3.57 Å². The third-order valence-electron chi connectivity index (χ3n) is 3.78. The Morgan fingerprint density at radius 3 is 2.95 bits per heavy atom. The molecule has 0 radical (unpaired) electrons. The van der Waals surface area contributed by atoms with Crippen molar-refractivity contribution in [3.8, 4) is 5.75 Å². The van der Waals surface area contributed by atoms with Crippen LogP contribution < -0.4 is 4.74 Å². The van der Waals surface area contributed by atoms with Gasteiger partial charge >= 0.3 is 0 Å². The highest BCUT2D eigenvalue weighted by molar-refractivity contribution is 14.1. The van der Waals surface area contributed by atoms with E-state index in [0.29, 0.717) is 0 Å². The highest BCUT2D eigenvalue weighted by Crippen LogP contribution is 2.29. The molecule has 1 heterocycles. The number of hydrogen-bond acceptors (Lipinski definition) is 2. The highest BCUT2D eigenvalue weighted by Gasteiger charge is 2.14. The second-order valence-electron chi connectivity index (χ2n) is 5.26. The lowest BCUT2D eigenvalue weighted by Crippen LogP contribution is -2.02. The third kappa shape index (κ3) is 3.60. The van der Waals surface area contributed by atoms with Crippen LogP contribution in [0.2, 0.25) is 0 Å². The third-order valence-corrected chi connectivity index (χ3v) is 5.25. The minimum absolute atomic E-state index is 0.432. The normalized spacial score (nSPS) is 14.6. The lowest BCUT2D eigenvalue weighted by molar-refractivity contribution is 0.167. The lowest BCUT2D eigenvalue weighted by Gasteiger charge is -2.14. The van der Waals surface area contributed by atoms with Crippen LogP contribution in [-0.4, -0.2) is 11.7 Å². The Kier molecular flexibility index (Phi) is 4.86. The molecule has 1 aliphatic heterocycles. The van der Waals surface area contributed by atoms with Gasteiger partial charge in [0.1, 0.15) is 5.75 Å². The second kappa shape index (κ2) is 6.67. The van der Waals surface area contributed by atoms with Crippen molar-refractivity contribution < 1.29 is 9.84 Å². The van der Waals surface area contributed by atoms with Gasteiger partial charge in [0.2, 0.25) is 0 Å². The van der Waals surface area contributed by atoms with E-state index >= 15 is 0 Å². The molecular weight excluding hydrogens is 443 g/mol. The first-order chi connectivity index (χ1) is 10.1. The molecule has 21 heavy (non-hydrogen) atoms. The largest absolute Gasteiger partial charge is 0.493 e. The molecule has 0 aliphatic carbocycles. The topological polar surface area (TPSA) is 29.5 Å². The monoisotopic (exact) mass is 458 g/mol. The van der Waals surface area contributed by atoms with E-state index in [4.69, 9.17) is 4.74 Å². The number of hydrogen-bond donors (Lipinski definition) is 1. The molecule has 3 rings (SSSR count). The zero-order valence-electron chi connectivity index (χ0n) is 11.5. The van der Waals surface area contributed by atoms with Crippen molar-refractivity contribution in [2.24, 2.45) is 0 Å². The van der Waals surface area contributed by atoms with Crippen molar-refractivity contribution in [1.29, 1.82) is 0 Å². The summed E-state index contributed by atoms with van der Waals surface area (Å²) in [7, 11) is 0. The lowest BCUT2D eigenvalue weighted by atomic mass is 9.99. The summed E-state index contributed by atoms with van der Waals surface area (Å²) < 4.78 is 7.63. The average Bonchev–Trinajstić information content (AvgIpc) is 2.94. The number of aliphatic hydroxyl groups excluding tert-OH is 1. The zero-order valence-corrected chi connectivity index (χ0v) is 15.2. The Morgan fingerprint density at radius 2 is 2.10 bits per heavy atom. The van der Waals surface area contributed by atoms with Gasteiger partial charge in [-0.3, -0.25) is 0 Å². The van der Waals surface area contributed by atoms with E-state index in [-0.39, 0.29) is 0 Å². The average molecular weight is 459 g/mol. The van der Waals surface area contributed by atoms with Crippen molar-refractivity contribution >= 4 is 38.5 Å². The Balaban J connectivity index is 1.68. The first-order valence-electron chi connectivity index (χ1n) is 7.01. The summed E-state index contributed by atoms with van der Waals surface area (Å²) in [6, 6.07) is 12.4. The maximum atomic E-state index is 10.4. The first kappa shape index (κ1) is 15.3. The molecule has 1 aliphatic rings. The van der Waals surface area contributed by atoms with E-state index in [0.717, 1.165) is 45.2 Å². The van der Waals surface area contributed by atoms with E-state index in [1.54, 1.807) is 0 Å². The van der Waals surface area contributed by atoms with Crippen LogP contribution in [0.1, 0.15) is 29.2 Å². The number of aryl methyl sites for hydroxylation is 1. The van der Waals surface area contributed by atoms with Gasteiger partial charge in [-0.15, -0.1) is 0 Å². The van der Waals surface area contributed by atoms with Gasteiger partial charge in [-0.2, -0.15) is 0 Å².